The van der Waals surface area contributed by atoms with Crippen LogP contribution in [0.4, 0.5) is 14.9 Å². The molecule has 34 heavy (non-hydrogen) atoms. The third-order valence-corrected chi connectivity index (χ3v) is 5.93. The Morgan fingerprint density at radius 2 is 1.79 bits per heavy atom. The van der Waals surface area contributed by atoms with Gasteiger partial charge in [0.15, 0.2) is 0 Å². The second kappa shape index (κ2) is 9.61. The molecule has 8 heteroatoms. The fraction of sp³-hybridized carbons (Fsp3) is 0.115. The molecule has 0 bridgehead atoms. The Morgan fingerprint density at radius 1 is 1.03 bits per heavy atom. The number of amides is 4. The number of benzene rings is 3. The largest absolute Gasteiger partial charge is 0.488 e. The van der Waals surface area contributed by atoms with E-state index >= 15 is 0 Å². The lowest BCUT2D eigenvalue weighted by atomic mass is 10.0. The van der Waals surface area contributed by atoms with Gasteiger partial charge in [-0.15, -0.1) is 0 Å². The number of anilines is 1. The van der Waals surface area contributed by atoms with Gasteiger partial charge in [0.2, 0.25) is 0 Å². The van der Waals surface area contributed by atoms with Crippen molar-refractivity contribution in [1.82, 2.24) is 5.32 Å². The van der Waals surface area contributed by atoms with E-state index in [1.165, 1.54) is 12.1 Å². The molecule has 1 heterocycles. The number of rotatable bonds is 5. The molecule has 1 fully saturated rings. The minimum atomic E-state index is -0.793. The van der Waals surface area contributed by atoms with Crippen molar-refractivity contribution in [3.63, 3.8) is 0 Å². The molecule has 4 rings (SSSR count). The summed E-state index contributed by atoms with van der Waals surface area (Å²) >= 11 is 3.41. The van der Waals surface area contributed by atoms with Crippen LogP contribution in [0.2, 0.25) is 0 Å². The molecule has 4 amide bonds. The topological polar surface area (TPSA) is 75.7 Å². The predicted octanol–water partition coefficient (Wildman–Crippen LogP) is 5.45. The molecule has 0 atom stereocenters. The maximum absolute atomic E-state index is 13.8. The summed E-state index contributed by atoms with van der Waals surface area (Å²) in [4.78, 5) is 39.1. The first-order valence-electron chi connectivity index (χ1n) is 10.4. The maximum atomic E-state index is 13.8. The van der Waals surface area contributed by atoms with Gasteiger partial charge in [-0.3, -0.25) is 14.9 Å². The van der Waals surface area contributed by atoms with Crippen LogP contribution in [0, 0.1) is 19.7 Å². The third kappa shape index (κ3) is 4.77. The van der Waals surface area contributed by atoms with Crippen molar-refractivity contribution >= 4 is 45.5 Å². The van der Waals surface area contributed by atoms with Gasteiger partial charge in [-0.05, 0) is 76.8 Å². The van der Waals surface area contributed by atoms with Crippen molar-refractivity contribution in [3.05, 3.63) is 98.8 Å². The second-order valence-corrected chi connectivity index (χ2v) is 8.67. The molecule has 0 radical (unpaired) electrons. The molecule has 0 aliphatic carbocycles. The fourth-order valence-corrected chi connectivity index (χ4v) is 4.01. The molecule has 1 N–H and O–H groups in total. The molecule has 6 nitrogen and oxygen atoms in total. The summed E-state index contributed by atoms with van der Waals surface area (Å²) in [6.45, 7) is 3.68. The summed E-state index contributed by atoms with van der Waals surface area (Å²) < 4.78 is 20.1. The van der Waals surface area contributed by atoms with Crippen LogP contribution in [0.15, 0.2) is 70.7 Å². The number of hydrogen-bond acceptors (Lipinski definition) is 4. The van der Waals surface area contributed by atoms with Gasteiger partial charge < -0.3 is 4.74 Å². The number of carbonyl (C=O) groups excluding carboxylic acids is 3. The Labute approximate surface area is 204 Å². The fourth-order valence-electron chi connectivity index (χ4n) is 3.50. The van der Waals surface area contributed by atoms with E-state index in [9.17, 15) is 18.8 Å². The van der Waals surface area contributed by atoms with Crippen molar-refractivity contribution in [3.8, 4) is 5.75 Å². The first-order chi connectivity index (χ1) is 16.2. The monoisotopic (exact) mass is 522 g/mol. The van der Waals surface area contributed by atoms with Crippen molar-refractivity contribution in [2.24, 2.45) is 0 Å². The van der Waals surface area contributed by atoms with Crippen molar-refractivity contribution < 1.29 is 23.5 Å². The van der Waals surface area contributed by atoms with Crippen molar-refractivity contribution in [2.75, 3.05) is 4.90 Å². The lowest BCUT2D eigenvalue weighted by molar-refractivity contribution is -0.122. The van der Waals surface area contributed by atoms with Crippen LogP contribution in [0.1, 0.15) is 22.3 Å². The number of aryl methyl sites for hydroxylation is 2. The molecule has 3 aromatic rings. The molecule has 1 aliphatic rings. The molecular weight excluding hydrogens is 503 g/mol. The first kappa shape index (κ1) is 23.4. The van der Waals surface area contributed by atoms with Crippen molar-refractivity contribution in [1.29, 1.82) is 0 Å². The van der Waals surface area contributed by atoms with Gasteiger partial charge >= 0.3 is 6.03 Å². The maximum Gasteiger partial charge on any atom is 0.335 e. The number of carbonyl (C=O) groups is 3. The van der Waals surface area contributed by atoms with E-state index in [4.69, 9.17) is 4.74 Å². The summed E-state index contributed by atoms with van der Waals surface area (Å²) in [5.41, 5.74) is 2.80. The Bertz CT molecular complexity index is 1350. The van der Waals surface area contributed by atoms with Gasteiger partial charge in [0.25, 0.3) is 11.8 Å². The summed E-state index contributed by atoms with van der Waals surface area (Å²) in [5.74, 6) is -1.37. The zero-order valence-electron chi connectivity index (χ0n) is 18.4. The van der Waals surface area contributed by atoms with Gasteiger partial charge in [0.1, 0.15) is 23.7 Å². The number of hydrogen-bond donors (Lipinski definition) is 1. The normalized spacial score (nSPS) is 15.0. The van der Waals surface area contributed by atoms with E-state index in [1.807, 2.05) is 19.1 Å². The highest BCUT2D eigenvalue weighted by Gasteiger charge is 2.37. The molecule has 1 aliphatic heterocycles. The molecule has 0 aromatic heterocycles. The molecule has 0 spiro atoms. The average molecular weight is 523 g/mol. The quantitative estimate of drug-likeness (QED) is 0.357. The molecule has 172 valence electrons. The van der Waals surface area contributed by atoms with Crippen LogP contribution in [0.25, 0.3) is 6.08 Å². The van der Waals surface area contributed by atoms with Crippen LogP contribution in [-0.2, 0) is 16.2 Å². The van der Waals surface area contributed by atoms with Crippen LogP contribution >= 0.6 is 15.9 Å². The van der Waals surface area contributed by atoms with Crippen LogP contribution < -0.4 is 15.0 Å². The van der Waals surface area contributed by atoms with E-state index in [0.717, 1.165) is 16.0 Å². The number of urea groups is 1. The number of ether oxygens (including phenoxy) is 1. The van der Waals surface area contributed by atoms with E-state index in [2.05, 4.69) is 21.2 Å². The SMILES string of the molecule is Cc1ccc(C)c(N2C(=O)NC(=O)/C(=C\c3ccc(OCc4ccccc4F)c(Br)c3)C2=O)c1. The van der Waals surface area contributed by atoms with Gasteiger partial charge in [-0.2, -0.15) is 0 Å². The summed E-state index contributed by atoms with van der Waals surface area (Å²) in [6.07, 6.45) is 1.41. The van der Waals surface area contributed by atoms with E-state index in [1.54, 1.807) is 49.4 Å². The zero-order valence-corrected chi connectivity index (χ0v) is 20.0. The minimum absolute atomic E-state index is 0.0412. The standard InChI is InChI=1S/C26H20BrFN2O4/c1-15-7-8-16(2)22(11-15)30-25(32)19(24(31)29-26(30)33)12-17-9-10-23(20(27)13-17)34-14-18-5-3-4-6-21(18)28/h3-13H,14H2,1-2H3,(H,29,31,33)/b19-12+. The molecule has 3 aromatic carbocycles. The molecule has 1 saturated heterocycles. The lowest BCUT2D eigenvalue weighted by Gasteiger charge is -2.27. The number of barbiturate groups is 1. The molecule has 0 unspecified atom stereocenters. The van der Waals surface area contributed by atoms with E-state index in [0.29, 0.717) is 27.0 Å². The highest BCUT2D eigenvalue weighted by atomic mass is 79.9. The van der Waals surface area contributed by atoms with E-state index in [-0.39, 0.29) is 18.0 Å². The number of halogens is 2. The summed E-state index contributed by atoms with van der Waals surface area (Å²) in [7, 11) is 0. The average Bonchev–Trinajstić information content (AvgIpc) is 2.79. The van der Waals surface area contributed by atoms with Crippen molar-refractivity contribution in [2.45, 2.75) is 20.5 Å². The highest BCUT2D eigenvalue weighted by molar-refractivity contribution is 9.10. The van der Waals surface area contributed by atoms with Crippen LogP contribution in [-0.4, -0.2) is 17.8 Å². The highest BCUT2D eigenvalue weighted by Crippen LogP contribution is 2.30. The third-order valence-electron chi connectivity index (χ3n) is 5.32. The summed E-state index contributed by atoms with van der Waals surface area (Å²) in [6, 6.07) is 15.9. The van der Waals surface area contributed by atoms with Gasteiger partial charge in [0.05, 0.1) is 10.2 Å². The minimum Gasteiger partial charge on any atom is -0.488 e. The smallest absolute Gasteiger partial charge is 0.335 e. The number of nitrogens with one attached hydrogen (secondary N) is 1. The second-order valence-electron chi connectivity index (χ2n) is 7.82. The van der Waals surface area contributed by atoms with Gasteiger partial charge in [-0.1, -0.05) is 36.4 Å². The molecule has 0 saturated carbocycles. The molecular formula is C26H20BrFN2O4. The van der Waals surface area contributed by atoms with Crippen LogP contribution in [0.3, 0.4) is 0 Å². The zero-order chi connectivity index (χ0) is 24.4. The van der Waals surface area contributed by atoms with Crippen LogP contribution in [0.5, 0.6) is 5.75 Å². The van der Waals surface area contributed by atoms with Gasteiger partial charge in [-0.25, -0.2) is 14.1 Å². The van der Waals surface area contributed by atoms with E-state index < -0.39 is 17.8 Å². The predicted molar refractivity (Wildman–Crippen MR) is 130 cm³/mol. The Kier molecular flexibility index (Phi) is 6.61. The summed E-state index contributed by atoms with van der Waals surface area (Å²) in [5, 5.41) is 2.23. The Balaban J connectivity index is 1.60. The number of imide groups is 2. The number of nitrogens with zero attached hydrogens (tertiary/aromatic N) is 1. The van der Waals surface area contributed by atoms with Gasteiger partial charge in [0, 0.05) is 5.56 Å². The first-order valence-corrected chi connectivity index (χ1v) is 11.2. The lowest BCUT2D eigenvalue weighted by Crippen LogP contribution is -2.54. The Hall–Kier alpha value is -3.78. The Morgan fingerprint density at radius 3 is 2.53 bits per heavy atom.